The van der Waals surface area contributed by atoms with E-state index < -0.39 is 4.92 Å². The fraction of sp³-hybridized carbons (Fsp3) is 0.174. The SMILES string of the molecule is O=[N+]([O-])c1c(Oc2ccc(Br)c3cccnc23)ncnc1N1CCN(c2cccc(Cl)c2)CC1. The smallest absolute Gasteiger partial charge is 0.373 e. The van der Waals surface area contributed by atoms with Crippen LogP contribution in [0.3, 0.4) is 0 Å². The van der Waals surface area contributed by atoms with Crippen molar-refractivity contribution in [1.82, 2.24) is 15.0 Å². The molecule has 5 rings (SSSR count). The molecule has 0 aliphatic carbocycles. The third-order valence-electron chi connectivity index (χ3n) is 5.59. The van der Waals surface area contributed by atoms with Gasteiger partial charge in [-0.05, 0) is 36.4 Å². The molecule has 0 radical (unpaired) electrons. The summed E-state index contributed by atoms with van der Waals surface area (Å²) in [5.41, 5.74) is 1.31. The monoisotopic (exact) mass is 540 g/mol. The molecule has 0 saturated carbocycles. The Morgan fingerprint density at radius 1 is 1.00 bits per heavy atom. The molecule has 0 bridgehead atoms. The minimum Gasteiger partial charge on any atom is -0.431 e. The van der Waals surface area contributed by atoms with E-state index in [4.69, 9.17) is 16.3 Å². The van der Waals surface area contributed by atoms with Gasteiger partial charge >= 0.3 is 11.6 Å². The van der Waals surface area contributed by atoms with E-state index in [0.29, 0.717) is 42.5 Å². The normalized spacial score (nSPS) is 13.8. The molecule has 0 spiro atoms. The zero-order chi connectivity index (χ0) is 23.7. The highest BCUT2D eigenvalue weighted by Crippen LogP contribution is 2.39. The summed E-state index contributed by atoms with van der Waals surface area (Å²) in [6.07, 6.45) is 2.93. The zero-order valence-corrected chi connectivity index (χ0v) is 20.1. The van der Waals surface area contributed by atoms with Gasteiger partial charge in [-0.3, -0.25) is 15.1 Å². The van der Waals surface area contributed by atoms with Gasteiger partial charge in [0.25, 0.3) is 0 Å². The van der Waals surface area contributed by atoms with Crippen LogP contribution in [-0.2, 0) is 0 Å². The Labute approximate surface area is 208 Å². The van der Waals surface area contributed by atoms with E-state index in [0.717, 1.165) is 15.5 Å². The van der Waals surface area contributed by atoms with E-state index in [1.165, 1.54) is 6.33 Å². The molecule has 0 amide bonds. The van der Waals surface area contributed by atoms with Gasteiger partial charge < -0.3 is 14.5 Å². The highest BCUT2D eigenvalue weighted by molar-refractivity contribution is 9.10. The van der Waals surface area contributed by atoms with Gasteiger partial charge in [-0.1, -0.05) is 39.7 Å². The molecular weight excluding hydrogens is 524 g/mol. The number of hydrogen-bond acceptors (Lipinski definition) is 8. The maximum atomic E-state index is 12.1. The summed E-state index contributed by atoms with van der Waals surface area (Å²) >= 11 is 9.62. The van der Waals surface area contributed by atoms with Gasteiger partial charge in [0.2, 0.25) is 5.82 Å². The number of hydrogen-bond donors (Lipinski definition) is 0. The van der Waals surface area contributed by atoms with Gasteiger partial charge in [0.05, 0.1) is 4.92 Å². The second kappa shape index (κ2) is 9.40. The molecule has 4 aromatic rings. The first-order chi connectivity index (χ1) is 16.5. The molecule has 9 nitrogen and oxygen atoms in total. The average molecular weight is 542 g/mol. The number of aromatic nitrogens is 3. The first-order valence-electron chi connectivity index (χ1n) is 10.5. The summed E-state index contributed by atoms with van der Waals surface area (Å²) in [6.45, 7) is 2.43. The average Bonchev–Trinajstić information content (AvgIpc) is 2.86. The molecule has 1 aliphatic rings. The van der Waals surface area contributed by atoms with Crippen molar-refractivity contribution in [3.05, 3.63) is 80.7 Å². The first kappa shape index (κ1) is 22.3. The van der Waals surface area contributed by atoms with Gasteiger partial charge in [-0.2, -0.15) is 4.98 Å². The number of nitro groups is 1. The number of rotatable bonds is 5. The number of anilines is 2. The van der Waals surface area contributed by atoms with Crippen LogP contribution in [0.1, 0.15) is 0 Å². The highest BCUT2D eigenvalue weighted by atomic mass is 79.9. The topological polar surface area (TPSA) is 97.5 Å². The summed E-state index contributed by atoms with van der Waals surface area (Å²) in [7, 11) is 0. The Kier molecular flexibility index (Phi) is 6.16. The molecule has 34 heavy (non-hydrogen) atoms. The lowest BCUT2D eigenvalue weighted by molar-refractivity contribution is -0.385. The van der Waals surface area contributed by atoms with Crippen LogP contribution < -0.4 is 14.5 Å². The number of halogens is 2. The van der Waals surface area contributed by atoms with Crippen LogP contribution in [0.4, 0.5) is 17.2 Å². The fourth-order valence-corrected chi connectivity index (χ4v) is 4.60. The number of nitrogens with zero attached hydrogens (tertiary/aromatic N) is 6. The summed E-state index contributed by atoms with van der Waals surface area (Å²) in [6, 6.07) is 14.9. The largest absolute Gasteiger partial charge is 0.431 e. The third kappa shape index (κ3) is 4.34. The van der Waals surface area contributed by atoms with E-state index in [1.54, 1.807) is 12.3 Å². The quantitative estimate of drug-likeness (QED) is 0.242. The van der Waals surface area contributed by atoms with Crippen molar-refractivity contribution in [2.45, 2.75) is 0 Å². The lowest BCUT2D eigenvalue weighted by atomic mass is 10.2. The first-order valence-corrected chi connectivity index (χ1v) is 11.6. The predicted octanol–water partition coefficient (Wildman–Crippen LogP) is 5.47. The number of benzene rings is 2. The second-order valence-electron chi connectivity index (χ2n) is 7.61. The van der Waals surface area contributed by atoms with Crippen LogP contribution >= 0.6 is 27.5 Å². The van der Waals surface area contributed by atoms with Gasteiger partial charge in [-0.15, -0.1) is 0 Å². The molecule has 0 atom stereocenters. The standard InChI is InChI=1S/C23H18BrClN6O3/c24-18-6-7-19(20-17(18)5-2-8-26-20)34-23-21(31(32)33)22(27-14-28-23)30-11-9-29(10-12-30)16-4-1-3-15(25)13-16/h1-8,13-14H,9-12H2. The van der Waals surface area contributed by atoms with Gasteiger partial charge in [0.1, 0.15) is 11.8 Å². The molecule has 1 aliphatic heterocycles. The Balaban J connectivity index is 1.44. The predicted molar refractivity (Wildman–Crippen MR) is 134 cm³/mol. The van der Waals surface area contributed by atoms with Crippen LogP contribution in [-0.4, -0.2) is 46.1 Å². The van der Waals surface area contributed by atoms with Crippen molar-refractivity contribution in [2.75, 3.05) is 36.0 Å². The molecule has 3 heterocycles. The van der Waals surface area contributed by atoms with Gasteiger partial charge in [0.15, 0.2) is 5.75 Å². The fourth-order valence-electron chi connectivity index (χ4n) is 3.97. The molecule has 11 heteroatoms. The van der Waals surface area contributed by atoms with Crippen molar-refractivity contribution < 1.29 is 9.66 Å². The van der Waals surface area contributed by atoms with Crippen molar-refractivity contribution in [2.24, 2.45) is 0 Å². The number of ether oxygens (including phenoxy) is 1. The molecule has 2 aromatic heterocycles. The van der Waals surface area contributed by atoms with E-state index in [1.807, 2.05) is 47.4 Å². The molecule has 2 aromatic carbocycles. The van der Waals surface area contributed by atoms with Crippen LogP contribution in [0, 0.1) is 10.1 Å². The van der Waals surface area contributed by atoms with Crippen molar-refractivity contribution >= 4 is 55.6 Å². The summed E-state index contributed by atoms with van der Waals surface area (Å²) < 4.78 is 6.79. The molecule has 1 fully saturated rings. The molecule has 0 N–H and O–H groups in total. The molecule has 172 valence electrons. The maximum absolute atomic E-state index is 12.1. The van der Waals surface area contributed by atoms with E-state index in [9.17, 15) is 10.1 Å². The highest BCUT2D eigenvalue weighted by Gasteiger charge is 2.31. The maximum Gasteiger partial charge on any atom is 0.373 e. The van der Waals surface area contributed by atoms with Crippen LogP contribution in [0.15, 0.2) is 65.5 Å². The van der Waals surface area contributed by atoms with E-state index >= 15 is 0 Å². The summed E-state index contributed by atoms with van der Waals surface area (Å²) in [5, 5.41) is 13.6. The van der Waals surface area contributed by atoms with Crippen LogP contribution in [0.2, 0.25) is 5.02 Å². The Bertz CT molecular complexity index is 1380. The van der Waals surface area contributed by atoms with Crippen molar-refractivity contribution in [3.63, 3.8) is 0 Å². The van der Waals surface area contributed by atoms with E-state index in [-0.39, 0.29) is 17.4 Å². The van der Waals surface area contributed by atoms with Gasteiger partial charge in [-0.25, -0.2) is 4.98 Å². The number of fused-ring (bicyclic) bond motifs is 1. The lowest BCUT2D eigenvalue weighted by Crippen LogP contribution is -2.47. The summed E-state index contributed by atoms with van der Waals surface area (Å²) in [5.74, 6) is 0.481. The number of pyridine rings is 1. The molecular formula is C23H18BrClN6O3. The minimum atomic E-state index is -0.498. The zero-order valence-electron chi connectivity index (χ0n) is 17.8. The Morgan fingerprint density at radius 2 is 1.79 bits per heavy atom. The third-order valence-corrected chi connectivity index (χ3v) is 6.52. The second-order valence-corrected chi connectivity index (χ2v) is 8.90. The lowest BCUT2D eigenvalue weighted by Gasteiger charge is -2.36. The minimum absolute atomic E-state index is 0.124. The number of piperazine rings is 1. The van der Waals surface area contributed by atoms with Crippen molar-refractivity contribution in [3.8, 4) is 11.6 Å². The van der Waals surface area contributed by atoms with E-state index in [2.05, 4.69) is 35.8 Å². The molecule has 0 unspecified atom stereocenters. The Hall–Kier alpha value is -3.50. The van der Waals surface area contributed by atoms with Crippen molar-refractivity contribution in [1.29, 1.82) is 0 Å². The summed E-state index contributed by atoms with van der Waals surface area (Å²) in [4.78, 5) is 28.4. The van der Waals surface area contributed by atoms with Crippen LogP contribution in [0.5, 0.6) is 11.6 Å². The van der Waals surface area contributed by atoms with Crippen LogP contribution in [0.25, 0.3) is 10.9 Å². The Morgan fingerprint density at radius 3 is 2.56 bits per heavy atom. The van der Waals surface area contributed by atoms with Gasteiger partial charge in [0, 0.05) is 52.9 Å². The molecule has 1 saturated heterocycles.